The van der Waals surface area contributed by atoms with Gasteiger partial charge >= 0.3 is 5.97 Å². The second-order valence-electron chi connectivity index (χ2n) is 3.41. The zero-order valence-corrected chi connectivity index (χ0v) is 10.1. The standard InChI is InChI=1S/C13H16O4/c1-4-7-16-13(14)9-17-11-6-5-10(2)8-12(11)15-3/h4-6,8H,1,7,9H2,2-3H3. The lowest BCUT2D eigenvalue weighted by molar-refractivity contribution is -0.144. The number of hydrogen-bond acceptors (Lipinski definition) is 4. The van der Waals surface area contributed by atoms with E-state index in [2.05, 4.69) is 6.58 Å². The molecule has 0 N–H and O–H groups in total. The molecule has 0 aliphatic rings. The monoisotopic (exact) mass is 236 g/mol. The molecule has 0 fully saturated rings. The van der Waals surface area contributed by atoms with E-state index in [0.717, 1.165) is 5.56 Å². The maximum atomic E-state index is 11.2. The molecule has 0 saturated carbocycles. The predicted octanol–water partition coefficient (Wildman–Crippen LogP) is 2.11. The van der Waals surface area contributed by atoms with E-state index in [0.29, 0.717) is 11.5 Å². The molecule has 0 aromatic heterocycles. The Labute approximate surface area is 101 Å². The first kappa shape index (κ1) is 13.1. The summed E-state index contributed by atoms with van der Waals surface area (Å²) in [7, 11) is 1.55. The summed E-state index contributed by atoms with van der Waals surface area (Å²) < 4.78 is 15.2. The Hall–Kier alpha value is -1.97. The van der Waals surface area contributed by atoms with Gasteiger partial charge in [0.1, 0.15) is 6.61 Å². The van der Waals surface area contributed by atoms with Crippen molar-refractivity contribution in [1.82, 2.24) is 0 Å². The molecular formula is C13H16O4. The molecule has 0 bridgehead atoms. The highest BCUT2D eigenvalue weighted by molar-refractivity contribution is 5.71. The Morgan fingerprint density at radius 2 is 2.18 bits per heavy atom. The summed E-state index contributed by atoms with van der Waals surface area (Å²) in [6.07, 6.45) is 1.50. The fourth-order valence-corrected chi connectivity index (χ4v) is 1.22. The first-order valence-corrected chi connectivity index (χ1v) is 5.21. The van der Waals surface area contributed by atoms with Gasteiger partial charge in [0.2, 0.25) is 0 Å². The lowest BCUT2D eigenvalue weighted by Gasteiger charge is -2.10. The van der Waals surface area contributed by atoms with Crippen LogP contribution in [0, 0.1) is 6.92 Å². The van der Waals surface area contributed by atoms with E-state index in [1.54, 1.807) is 13.2 Å². The highest BCUT2D eigenvalue weighted by Gasteiger charge is 2.07. The number of carbonyl (C=O) groups excluding carboxylic acids is 1. The smallest absolute Gasteiger partial charge is 0.344 e. The van der Waals surface area contributed by atoms with Crippen LogP contribution in [0.4, 0.5) is 0 Å². The van der Waals surface area contributed by atoms with Crippen molar-refractivity contribution in [2.24, 2.45) is 0 Å². The fourth-order valence-electron chi connectivity index (χ4n) is 1.22. The van der Waals surface area contributed by atoms with Crippen molar-refractivity contribution in [3.8, 4) is 11.5 Å². The lowest BCUT2D eigenvalue weighted by Crippen LogP contribution is -2.15. The van der Waals surface area contributed by atoms with Crippen LogP contribution in [0.5, 0.6) is 11.5 Å². The third-order valence-electron chi connectivity index (χ3n) is 2.03. The average Bonchev–Trinajstić information content (AvgIpc) is 2.34. The number of aryl methyl sites for hydroxylation is 1. The zero-order valence-electron chi connectivity index (χ0n) is 10.1. The van der Waals surface area contributed by atoms with Gasteiger partial charge in [-0.1, -0.05) is 18.7 Å². The van der Waals surface area contributed by atoms with E-state index in [-0.39, 0.29) is 13.2 Å². The molecule has 0 aliphatic heterocycles. The molecule has 1 aromatic rings. The largest absolute Gasteiger partial charge is 0.493 e. The second-order valence-corrected chi connectivity index (χ2v) is 3.41. The van der Waals surface area contributed by atoms with Gasteiger partial charge in [-0.3, -0.25) is 0 Å². The van der Waals surface area contributed by atoms with Gasteiger partial charge < -0.3 is 14.2 Å². The van der Waals surface area contributed by atoms with Crippen LogP contribution in [-0.2, 0) is 9.53 Å². The minimum Gasteiger partial charge on any atom is -0.493 e. The third kappa shape index (κ3) is 4.18. The summed E-state index contributed by atoms with van der Waals surface area (Å²) in [5.41, 5.74) is 1.06. The van der Waals surface area contributed by atoms with Gasteiger partial charge in [0.15, 0.2) is 18.1 Å². The Morgan fingerprint density at radius 3 is 2.82 bits per heavy atom. The summed E-state index contributed by atoms with van der Waals surface area (Å²) in [5, 5.41) is 0. The minimum atomic E-state index is -0.437. The molecule has 0 aliphatic carbocycles. The molecule has 92 valence electrons. The predicted molar refractivity (Wildman–Crippen MR) is 64.4 cm³/mol. The van der Waals surface area contributed by atoms with Gasteiger partial charge in [0.25, 0.3) is 0 Å². The van der Waals surface area contributed by atoms with Crippen molar-refractivity contribution in [3.63, 3.8) is 0 Å². The van der Waals surface area contributed by atoms with Crippen LogP contribution in [0.2, 0.25) is 0 Å². The third-order valence-corrected chi connectivity index (χ3v) is 2.03. The fraction of sp³-hybridized carbons (Fsp3) is 0.308. The zero-order chi connectivity index (χ0) is 12.7. The van der Waals surface area contributed by atoms with Crippen molar-refractivity contribution in [2.75, 3.05) is 20.3 Å². The van der Waals surface area contributed by atoms with E-state index in [9.17, 15) is 4.79 Å². The van der Waals surface area contributed by atoms with Crippen LogP contribution in [0.25, 0.3) is 0 Å². The van der Waals surface area contributed by atoms with Crippen LogP contribution in [0.3, 0.4) is 0 Å². The van der Waals surface area contributed by atoms with Crippen molar-refractivity contribution in [3.05, 3.63) is 36.4 Å². The summed E-state index contributed by atoms with van der Waals surface area (Å²) in [4.78, 5) is 11.2. The van der Waals surface area contributed by atoms with Crippen LogP contribution < -0.4 is 9.47 Å². The van der Waals surface area contributed by atoms with E-state index >= 15 is 0 Å². The van der Waals surface area contributed by atoms with Crippen LogP contribution in [0.1, 0.15) is 5.56 Å². The van der Waals surface area contributed by atoms with E-state index in [4.69, 9.17) is 14.2 Å². The van der Waals surface area contributed by atoms with Gasteiger partial charge in [0.05, 0.1) is 7.11 Å². The molecule has 0 unspecified atom stereocenters. The Morgan fingerprint density at radius 1 is 1.41 bits per heavy atom. The lowest BCUT2D eigenvalue weighted by atomic mass is 10.2. The Kier molecular flexibility index (Phi) is 5.07. The highest BCUT2D eigenvalue weighted by Crippen LogP contribution is 2.27. The number of rotatable bonds is 6. The van der Waals surface area contributed by atoms with Crippen molar-refractivity contribution in [1.29, 1.82) is 0 Å². The van der Waals surface area contributed by atoms with Gasteiger partial charge in [-0.2, -0.15) is 0 Å². The van der Waals surface area contributed by atoms with E-state index in [1.807, 2.05) is 19.1 Å². The van der Waals surface area contributed by atoms with E-state index < -0.39 is 5.97 Å². The molecule has 0 atom stereocenters. The molecule has 1 rings (SSSR count). The molecule has 17 heavy (non-hydrogen) atoms. The number of ether oxygens (including phenoxy) is 3. The molecule has 0 spiro atoms. The molecule has 4 nitrogen and oxygen atoms in total. The first-order chi connectivity index (χ1) is 8.17. The van der Waals surface area contributed by atoms with Crippen LogP contribution in [-0.4, -0.2) is 26.3 Å². The van der Waals surface area contributed by atoms with Gasteiger partial charge in [0, 0.05) is 0 Å². The Balaban J connectivity index is 2.56. The minimum absolute atomic E-state index is 0.146. The molecule has 0 amide bonds. The van der Waals surface area contributed by atoms with Crippen LogP contribution >= 0.6 is 0 Å². The maximum absolute atomic E-state index is 11.2. The first-order valence-electron chi connectivity index (χ1n) is 5.21. The second kappa shape index (κ2) is 6.58. The molecule has 0 heterocycles. The van der Waals surface area contributed by atoms with Crippen molar-refractivity contribution in [2.45, 2.75) is 6.92 Å². The van der Waals surface area contributed by atoms with Gasteiger partial charge in [-0.25, -0.2) is 4.79 Å². The summed E-state index contributed by atoms with van der Waals surface area (Å²) in [6, 6.07) is 5.48. The summed E-state index contributed by atoms with van der Waals surface area (Å²) in [6.45, 7) is 5.44. The topological polar surface area (TPSA) is 44.8 Å². The van der Waals surface area contributed by atoms with Gasteiger partial charge in [-0.05, 0) is 24.6 Å². The van der Waals surface area contributed by atoms with E-state index in [1.165, 1.54) is 6.08 Å². The SMILES string of the molecule is C=CCOC(=O)COc1ccc(C)cc1OC. The summed E-state index contributed by atoms with van der Waals surface area (Å²) >= 11 is 0. The average molecular weight is 236 g/mol. The highest BCUT2D eigenvalue weighted by atomic mass is 16.6. The van der Waals surface area contributed by atoms with Crippen LogP contribution in [0.15, 0.2) is 30.9 Å². The quantitative estimate of drug-likeness (QED) is 0.560. The Bertz CT molecular complexity index is 398. The molecule has 0 radical (unpaired) electrons. The number of hydrogen-bond donors (Lipinski definition) is 0. The maximum Gasteiger partial charge on any atom is 0.344 e. The number of benzene rings is 1. The summed E-state index contributed by atoms with van der Waals surface area (Å²) in [5.74, 6) is 0.683. The number of esters is 1. The van der Waals surface area contributed by atoms with Crippen molar-refractivity contribution < 1.29 is 19.0 Å². The molecule has 0 saturated heterocycles. The molecule has 4 heteroatoms. The van der Waals surface area contributed by atoms with Crippen molar-refractivity contribution >= 4 is 5.97 Å². The normalized spacial score (nSPS) is 9.53. The van der Waals surface area contributed by atoms with Gasteiger partial charge in [-0.15, -0.1) is 0 Å². The molecule has 1 aromatic carbocycles. The molecular weight excluding hydrogens is 220 g/mol. The number of methoxy groups -OCH3 is 1. The number of carbonyl (C=O) groups is 1.